The van der Waals surface area contributed by atoms with Gasteiger partial charge in [0.2, 0.25) is 0 Å². The fourth-order valence-electron chi connectivity index (χ4n) is 3.07. The Kier molecular flexibility index (Phi) is 8.39. The van der Waals surface area contributed by atoms with Gasteiger partial charge in [0.25, 0.3) is 0 Å². The molecular weight excluding hydrogens is 342 g/mol. The number of amides is 1. The average molecular weight is 376 g/mol. The van der Waals surface area contributed by atoms with Crippen molar-refractivity contribution in [2.45, 2.75) is 45.3 Å². The number of likely N-dealkylation sites (tertiary alicyclic amines) is 1. The molecule has 0 aromatic heterocycles. The average Bonchev–Trinajstić information content (AvgIpc) is 2.67. The van der Waals surface area contributed by atoms with E-state index in [1.165, 1.54) is 5.56 Å². The van der Waals surface area contributed by atoms with Crippen LogP contribution in [0.25, 0.3) is 0 Å². The van der Waals surface area contributed by atoms with Crippen LogP contribution in [0.15, 0.2) is 35.3 Å². The molecule has 1 aromatic carbocycles. The first-order valence-electron chi connectivity index (χ1n) is 9.72. The fraction of sp³-hybridized carbons (Fsp3) is 0.600. The Bertz CT molecular complexity index is 600. The third-order valence-electron chi connectivity index (χ3n) is 4.93. The van der Waals surface area contributed by atoms with Gasteiger partial charge < -0.3 is 20.7 Å². The third-order valence-corrected chi connectivity index (χ3v) is 4.93. The van der Waals surface area contributed by atoms with Gasteiger partial charge in [0.1, 0.15) is 0 Å². The number of benzene rings is 1. The van der Waals surface area contributed by atoms with Crippen molar-refractivity contribution in [3.63, 3.8) is 0 Å². The predicted molar refractivity (Wildman–Crippen MR) is 109 cm³/mol. The molecule has 7 nitrogen and oxygen atoms in total. The lowest BCUT2D eigenvalue weighted by molar-refractivity contribution is 0.0963. The van der Waals surface area contributed by atoms with E-state index in [4.69, 9.17) is 10.5 Å². The van der Waals surface area contributed by atoms with Crippen LogP contribution in [0.1, 0.15) is 32.3 Å². The van der Waals surface area contributed by atoms with Crippen molar-refractivity contribution in [2.24, 2.45) is 10.7 Å². The zero-order valence-corrected chi connectivity index (χ0v) is 16.7. The van der Waals surface area contributed by atoms with Crippen molar-refractivity contribution in [1.29, 1.82) is 0 Å². The zero-order chi connectivity index (χ0) is 19.6. The summed E-state index contributed by atoms with van der Waals surface area (Å²) in [6.07, 6.45) is 1.46. The Morgan fingerprint density at radius 3 is 2.67 bits per heavy atom. The molecule has 1 heterocycles. The van der Waals surface area contributed by atoms with Gasteiger partial charge in [-0.3, -0.25) is 9.89 Å². The number of hydrogen-bond acceptors (Lipinski definition) is 4. The molecule has 2 rings (SSSR count). The van der Waals surface area contributed by atoms with Crippen molar-refractivity contribution < 1.29 is 9.53 Å². The first kappa shape index (κ1) is 21.0. The fourth-order valence-corrected chi connectivity index (χ4v) is 3.07. The van der Waals surface area contributed by atoms with Crippen LogP contribution in [0.3, 0.4) is 0 Å². The summed E-state index contributed by atoms with van der Waals surface area (Å²) < 4.78 is 5.04. The highest BCUT2D eigenvalue weighted by molar-refractivity contribution is 5.78. The van der Waals surface area contributed by atoms with Crippen molar-refractivity contribution in [1.82, 2.24) is 15.1 Å². The normalized spacial score (nSPS) is 17.0. The number of piperidine rings is 1. The number of nitrogens with two attached hydrogens (primary N) is 1. The molecule has 0 radical (unpaired) electrons. The van der Waals surface area contributed by atoms with Crippen LogP contribution in [0.5, 0.6) is 0 Å². The van der Waals surface area contributed by atoms with Crippen LogP contribution < -0.4 is 11.1 Å². The summed E-state index contributed by atoms with van der Waals surface area (Å²) in [7, 11) is 2.10. The smallest absolute Gasteiger partial charge is 0.409 e. The molecule has 0 saturated carbocycles. The van der Waals surface area contributed by atoms with Crippen LogP contribution in [0, 0.1) is 0 Å². The van der Waals surface area contributed by atoms with Crippen LogP contribution in [-0.4, -0.2) is 67.2 Å². The molecule has 1 unspecified atom stereocenters. The number of likely N-dealkylation sites (N-methyl/N-ethyl adjacent to an activating group) is 1. The van der Waals surface area contributed by atoms with Crippen LogP contribution in [0.2, 0.25) is 0 Å². The van der Waals surface area contributed by atoms with E-state index < -0.39 is 0 Å². The van der Waals surface area contributed by atoms with Gasteiger partial charge in [0.05, 0.1) is 13.2 Å². The van der Waals surface area contributed by atoms with Crippen molar-refractivity contribution in [2.75, 3.05) is 33.3 Å². The highest BCUT2D eigenvalue weighted by Gasteiger charge is 2.23. The van der Waals surface area contributed by atoms with E-state index in [0.29, 0.717) is 32.2 Å². The lowest BCUT2D eigenvalue weighted by Gasteiger charge is -2.32. The molecule has 0 spiro atoms. The molecule has 1 aliphatic heterocycles. The summed E-state index contributed by atoms with van der Waals surface area (Å²) in [5.41, 5.74) is 7.35. The molecule has 0 bridgehead atoms. The maximum absolute atomic E-state index is 11.7. The van der Waals surface area contributed by atoms with E-state index in [1.54, 1.807) is 4.90 Å². The number of guanidine groups is 1. The molecule has 1 aliphatic rings. The van der Waals surface area contributed by atoms with Gasteiger partial charge in [-0.05, 0) is 39.3 Å². The van der Waals surface area contributed by atoms with Gasteiger partial charge in [-0.1, -0.05) is 30.3 Å². The molecule has 7 heteroatoms. The van der Waals surface area contributed by atoms with E-state index >= 15 is 0 Å². The molecule has 27 heavy (non-hydrogen) atoms. The lowest BCUT2D eigenvalue weighted by atomic mass is 10.1. The van der Waals surface area contributed by atoms with Gasteiger partial charge in [-0.15, -0.1) is 0 Å². The van der Waals surface area contributed by atoms with Crippen LogP contribution in [0.4, 0.5) is 4.79 Å². The molecule has 1 fully saturated rings. The van der Waals surface area contributed by atoms with E-state index in [1.807, 2.05) is 13.0 Å². The molecule has 1 atom stereocenters. The zero-order valence-electron chi connectivity index (χ0n) is 16.7. The van der Waals surface area contributed by atoms with E-state index in [9.17, 15) is 4.79 Å². The SMILES string of the molecule is CCOC(=O)N1CCC(NC(N)=NCC(C)N(C)Cc2ccccc2)CC1. The number of aliphatic imine (C=N–C) groups is 1. The molecule has 1 aromatic rings. The number of rotatable bonds is 7. The first-order valence-corrected chi connectivity index (χ1v) is 9.72. The minimum atomic E-state index is -0.229. The minimum Gasteiger partial charge on any atom is -0.450 e. The second-order valence-electron chi connectivity index (χ2n) is 7.08. The third kappa shape index (κ3) is 7.09. The highest BCUT2D eigenvalue weighted by Crippen LogP contribution is 2.11. The summed E-state index contributed by atoms with van der Waals surface area (Å²) >= 11 is 0. The lowest BCUT2D eigenvalue weighted by Crippen LogP contribution is -2.48. The maximum atomic E-state index is 11.7. The second kappa shape index (κ2) is 10.8. The Balaban J connectivity index is 1.72. The topological polar surface area (TPSA) is 83.2 Å². The van der Waals surface area contributed by atoms with Crippen LogP contribution in [-0.2, 0) is 11.3 Å². The van der Waals surface area contributed by atoms with Crippen molar-refractivity contribution in [3.8, 4) is 0 Å². The van der Waals surface area contributed by atoms with Crippen molar-refractivity contribution in [3.05, 3.63) is 35.9 Å². The first-order chi connectivity index (χ1) is 13.0. The van der Waals surface area contributed by atoms with Gasteiger partial charge in [-0.25, -0.2) is 4.79 Å². The number of nitrogens with one attached hydrogen (secondary N) is 1. The van der Waals surface area contributed by atoms with Crippen LogP contribution >= 0.6 is 0 Å². The van der Waals surface area contributed by atoms with Gasteiger partial charge in [-0.2, -0.15) is 0 Å². The standard InChI is InChI=1S/C20H33N5O2/c1-4-27-20(26)25-12-10-18(11-13-25)23-19(21)22-14-16(2)24(3)15-17-8-6-5-7-9-17/h5-9,16,18H,4,10-15H2,1-3H3,(H3,21,22,23). The number of ether oxygens (including phenoxy) is 1. The summed E-state index contributed by atoms with van der Waals surface area (Å²) in [6, 6.07) is 10.9. The summed E-state index contributed by atoms with van der Waals surface area (Å²) in [4.78, 5) is 20.2. The number of carbonyl (C=O) groups is 1. The Labute approximate surface area is 162 Å². The Morgan fingerprint density at radius 1 is 1.37 bits per heavy atom. The number of nitrogens with zero attached hydrogens (tertiary/aromatic N) is 3. The number of carbonyl (C=O) groups excluding carboxylic acids is 1. The molecule has 1 saturated heterocycles. The molecule has 1 amide bonds. The quantitative estimate of drug-likeness (QED) is 0.563. The predicted octanol–water partition coefficient (Wildman–Crippen LogP) is 2.03. The largest absolute Gasteiger partial charge is 0.450 e. The molecular formula is C20H33N5O2. The Hall–Kier alpha value is -2.28. The number of hydrogen-bond donors (Lipinski definition) is 2. The molecule has 3 N–H and O–H groups in total. The summed E-state index contributed by atoms with van der Waals surface area (Å²) in [5, 5.41) is 3.28. The molecule has 150 valence electrons. The van der Waals surface area contributed by atoms with Crippen molar-refractivity contribution >= 4 is 12.1 Å². The highest BCUT2D eigenvalue weighted by atomic mass is 16.6. The maximum Gasteiger partial charge on any atom is 0.409 e. The Morgan fingerprint density at radius 2 is 2.04 bits per heavy atom. The van der Waals surface area contributed by atoms with Gasteiger partial charge >= 0.3 is 6.09 Å². The van der Waals surface area contributed by atoms with E-state index in [-0.39, 0.29) is 18.2 Å². The van der Waals surface area contributed by atoms with Gasteiger partial charge in [0, 0.05) is 31.7 Å². The van der Waals surface area contributed by atoms with E-state index in [0.717, 1.165) is 19.4 Å². The van der Waals surface area contributed by atoms with Gasteiger partial charge in [0.15, 0.2) is 5.96 Å². The molecule has 0 aliphatic carbocycles. The summed E-state index contributed by atoms with van der Waals surface area (Å²) in [5.74, 6) is 0.476. The summed E-state index contributed by atoms with van der Waals surface area (Å²) in [6.45, 7) is 7.27. The monoisotopic (exact) mass is 375 g/mol. The second-order valence-corrected chi connectivity index (χ2v) is 7.08. The minimum absolute atomic E-state index is 0.229. The van der Waals surface area contributed by atoms with E-state index in [2.05, 4.69) is 53.4 Å².